The number of nitrogens with zero attached hydrogens (tertiary/aromatic N) is 2. The van der Waals surface area contributed by atoms with E-state index in [9.17, 15) is 9.59 Å². The first kappa shape index (κ1) is 17.8. The molecule has 8 nitrogen and oxygen atoms in total. The number of thioether (sulfide) groups is 1. The number of esters is 1. The number of hydrogen-bond acceptors (Lipinski definition) is 8. The highest BCUT2D eigenvalue weighted by Crippen LogP contribution is 2.16. The summed E-state index contributed by atoms with van der Waals surface area (Å²) in [6, 6.07) is 6.71. The molecular formula is C15H17N3O5S. The first-order valence-electron chi connectivity index (χ1n) is 7.03. The van der Waals surface area contributed by atoms with E-state index in [2.05, 4.69) is 20.2 Å². The van der Waals surface area contributed by atoms with Crippen LogP contribution in [-0.2, 0) is 20.1 Å². The van der Waals surface area contributed by atoms with E-state index in [-0.39, 0.29) is 18.3 Å². The van der Waals surface area contributed by atoms with Gasteiger partial charge in [-0.2, -0.15) is 4.98 Å². The molecule has 0 saturated carbocycles. The van der Waals surface area contributed by atoms with Crippen LogP contribution in [0.25, 0.3) is 0 Å². The Morgan fingerprint density at radius 1 is 1.29 bits per heavy atom. The van der Waals surface area contributed by atoms with Crippen LogP contribution in [-0.4, -0.2) is 41.5 Å². The van der Waals surface area contributed by atoms with E-state index < -0.39 is 5.97 Å². The molecule has 1 heterocycles. The molecule has 1 N–H and O–H groups in total. The average molecular weight is 351 g/mol. The van der Waals surface area contributed by atoms with Crippen molar-refractivity contribution >= 4 is 29.3 Å². The van der Waals surface area contributed by atoms with Crippen LogP contribution in [0.2, 0.25) is 0 Å². The molecule has 1 aromatic heterocycles. The summed E-state index contributed by atoms with van der Waals surface area (Å²) in [6.07, 6.45) is 0. The Morgan fingerprint density at radius 2 is 2.04 bits per heavy atom. The van der Waals surface area contributed by atoms with Crippen molar-refractivity contribution in [1.29, 1.82) is 0 Å². The number of rotatable bonds is 8. The minimum Gasteiger partial charge on any atom is -0.482 e. The van der Waals surface area contributed by atoms with E-state index in [0.29, 0.717) is 28.9 Å². The molecule has 128 valence electrons. The van der Waals surface area contributed by atoms with Crippen LogP contribution in [0.4, 0.5) is 5.69 Å². The van der Waals surface area contributed by atoms with Crippen molar-refractivity contribution in [2.24, 2.45) is 0 Å². The van der Waals surface area contributed by atoms with Gasteiger partial charge in [0, 0.05) is 12.6 Å². The second-order valence-electron chi connectivity index (χ2n) is 4.66. The Kier molecular flexibility index (Phi) is 6.62. The van der Waals surface area contributed by atoms with Crippen LogP contribution in [0.5, 0.6) is 5.75 Å². The largest absolute Gasteiger partial charge is 0.482 e. The molecule has 24 heavy (non-hydrogen) atoms. The van der Waals surface area contributed by atoms with Gasteiger partial charge in [-0.15, -0.1) is 11.8 Å². The summed E-state index contributed by atoms with van der Waals surface area (Å²) in [5, 5.41) is 6.52. The summed E-state index contributed by atoms with van der Waals surface area (Å²) in [5.74, 6) is 1.77. The number of aromatic nitrogens is 2. The van der Waals surface area contributed by atoms with Gasteiger partial charge in [-0.3, -0.25) is 4.79 Å². The predicted octanol–water partition coefficient (Wildman–Crippen LogP) is 1.80. The zero-order chi connectivity index (χ0) is 17.4. The van der Waals surface area contributed by atoms with E-state index >= 15 is 0 Å². The molecule has 0 aliphatic carbocycles. The third-order valence-corrected chi connectivity index (χ3v) is 3.69. The average Bonchev–Trinajstić information content (AvgIpc) is 2.99. The summed E-state index contributed by atoms with van der Waals surface area (Å²) < 4.78 is 14.6. The Bertz CT molecular complexity index is 687. The molecule has 0 unspecified atom stereocenters. The molecule has 0 fully saturated rings. The van der Waals surface area contributed by atoms with Crippen LogP contribution in [0, 0.1) is 6.92 Å². The highest BCUT2D eigenvalue weighted by Gasteiger charge is 2.07. The normalized spacial score (nSPS) is 10.2. The van der Waals surface area contributed by atoms with Gasteiger partial charge in [0.15, 0.2) is 12.4 Å². The molecule has 2 rings (SSSR count). The number of aryl methyl sites for hydroxylation is 1. The first-order chi connectivity index (χ1) is 11.6. The summed E-state index contributed by atoms with van der Waals surface area (Å²) in [4.78, 5) is 26.9. The SMILES string of the molecule is COC(=O)COc1ccc(NC(=O)CSCc2noc(C)n2)cc1. The van der Waals surface area contributed by atoms with E-state index in [4.69, 9.17) is 9.26 Å². The van der Waals surface area contributed by atoms with Gasteiger partial charge in [-0.05, 0) is 24.3 Å². The van der Waals surface area contributed by atoms with Gasteiger partial charge in [0.05, 0.1) is 18.6 Å². The van der Waals surface area contributed by atoms with Gasteiger partial charge in [0.1, 0.15) is 5.75 Å². The molecule has 0 radical (unpaired) electrons. The molecule has 0 saturated heterocycles. The van der Waals surface area contributed by atoms with E-state index in [1.165, 1.54) is 18.9 Å². The van der Waals surface area contributed by atoms with Gasteiger partial charge >= 0.3 is 5.97 Å². The van der Waals surface area contributed by atoms with Gasteiger partial charge in [0.2, 0.25) is 11.8 Å². The third kappa shape index (κ3) is 5.92. The predicted molar refractivity (Wildman–Crippen MR) is 87.8 cm³/mol. The smallest absolute Gasteiger partial charge is 0.343 e. The lowest BCUT2D eigenvalue weighted by atomic mass is 10.3. The number of ether oxygens (including phenoxy) is 2. The zero-order valence-corrected chi connectivity index (χ0v) is 14.1. The standard InChI is InChI=1S/C15H17N3O5S/c1-10-16-13(18-23-10)8-24-9-14(19)17-11-3-5-12(6-4-11)22-7-15(20)21-2/h3-6H,7-9H2,1-2H3,(H,17,19). The monoisotopic (exact) mass is 351 g/mol. The Hall–Kier alpha value is -2.55. The van der Waals surface area contributed by atoms with E-state index in [0.717, 1.165) is 0 Å². The topological polar surface area (TPSA) is 104 Å². The number of benzene rings is 1. The highest BCUT2D eigenvalue weighted by molar-refractivity contribution is 7.99. The van der Waals surface area contributed by atoms with Gasteiger partial charge in [-0.25, -0.2) is 4.79 Å². The van der Waals surface area contributed by atoms with Gasteiger partial charge in [-0.1, -0.05) is 5.16 Å². The van der Waals surface area contributed by atoms with Gasteiger partial charge in [0.25, 0.3) is 0 Å². The van der Waals surface area contributed by atoms with Gasteiger partial charge < -0.3 is 19.3 Å². The molecule has 2 aromatic rings. The molecule has 0 spiro atoms. The minimum atomic E-state index is -0.457. The first-order valence-corrected chi connectivity index (χ1v) is 8.19. The zero-order valence-electron chi connectivity index (χ0n) is 13.3. The minimum absolute atomic E-state index is 0.136. The van der Waals surface area contributed by atoms with Crippen LogP contribution < -0.4 is 10.1 Å². The van der Waals surface area contributed by atoms with E-state index in [1.54, 1.807) is 31.2 Å². The fourth-order valence-corrected chi connectivity index (χ4v) is 2.33. The fraction of sp³-hybridized carbons (Fsp3) is 0.333. The summed E-state index contributed by atoms with van der Waals surface area (Å²) in [5.41, 5.74) is 0.640. The fourth-order valence-electron chi connectivity index (χ4n) is 1.67. The molecule has 0 bridgehead atoms. The molecular weight excluding hydrogens is 334 g/mol. The van der Waals surface area contributed by atoms with Crippen LogP contribution in [0.3, 0.4) is 0 Å². The molecule has 1 aromatic carbocycles. The van der Waals surface area contributed by atoms with Crippen LogP contribution in [0.15, 0.2) is 28.8 Å². The highest BCUT2D eigenvalue weighted by atomic mass is 32.2. The van der Waals surface area contributed by atoms with Crippen molar-refractivity contribution in [3.05, 3.63) is 36.0 Å². The summed E-state index contributed by atoms with van der Waals surface area (Å²) >= 11 is 1.39. The van der Waals surface area contributed by atoms with Crippen molar-refractivity contribution in [2.45, 2.75) is 12.7 Å². The number of anilines is 1. The van der Waals surface area contributed by atoms with Crippen LogP contribution in [0.1, 0.15) is 11.7 Å². The van der Waals surface area contributed by atoms with Crippen molar-refractivity contribution in [3.8, 4) is 5.75 Å². The van der Waals surface area contributed by atoms with Crippen molar-refractivity contribution in [2.75, 3.05) is 24.8 Å². The number of nitrogens with one attached hydrogen (secondary N) is 1. The maximum absolute atomic E-state index is 11.9. The lowest BCUT2D eigenvalue weighted by Crippen LogP contribution is -2.14. The Labute approximate surface area is 142 Å². The lowest BCUT2D eigenvalue weighted by Gasteiger charge is -2.07. The summed E-state index contributed by atoms with van der Waals surface area (Å²) in [6.45, 7) is 1.56. The molecule has 0 aliphatic heterocycles. The lowest BCUT2D eigenvalue weighted by molar-refractivity contribution is -0.142. The molecule has 0 aliphatic rings. The molecule has 9 heteroatoms. The van der Waals surface area contributed by atoms with Crippen molar-refractivity contribution in [3.63, 3.8) is 0 Å². The number of amides is 1. The number of carbonyl (C=O) groups excluding carboxylic acids is 2. The second-order valence-corrected chi connectivity index (χ2v) is 5.65. The Morgan fingerprint density at radius 3 is 2.67 bits per heavy atom. The Balaban J connectivity index is 1.72. The number of methoxy groups -OCH3 is 1. The van der Waals surface area contributed by atoms with Crippen molar-refractivity contribution in [1.82, 2.24) is 10.1 Å². The number of carbonyl (C=O) groups is 2. The maximum atomic E-state index is 11.9. The maximum Gasteiger partial charge on any atom is 0.343 e. The quantitative estimate of drug-likeness (QED) is 0.718. The second kappa shape index (κ2) is 8.92. The summed E-state index contributed by atoms with van der Waals surface area (Å²) in [7, 11) is 1.29. The van der Waals surface area contributed by atoms with E-state index in [1.807, 2.05) is 0 Å². The number of hydrogen-bond donors (Lipinski definition) is 1. The van der Waals surface area contributed by atoms with Crippen LogP contribution >= 0.6 is 11.8 Å². The third-order valence-electron chi connectivity index (χ3n) is 2.76. The molecule has 1 amide bonds. The molecule has 0 atom stereocenters. The van der Waals surface area contributed by atoms with Crippen molar-refractivity contribution < 1.29 is 23.6 Å².